The van der Waals surface area contributed by atoms with Crippen molar-refractivity contribution in [2.45, 2.75) is 18.7 Å². The normalized spacial score (nSPS) is 11.3. The molecule has 0 heterocycles. The first-order valence-electron chi connectivity index (χ1n) is 8.81. The van der Waals surface area contributed by atoms with Crippen LogP contribution in [0.1, 0.15) is 24.2 Å². The Kier molecular flexibility index (Phi) is 7.60. The Labute approximate surface area is 174 Å². The molecule has 29 heavy (non-hydrogen) atoms. The average Bonchev–Trinajstić information content (AvgIpc) is 2.67. The van der Waals surface area contributed by atoms with Crippen molar-refractivity contribution in [3.63, 3.8) is 0 Å². The van der Waals surface area contributed by atoms with Gasteiger partial charge in [0.25, 0.3) is 5.91 Å². The molecule has 0 saturated carbocycles. The number of ether oxygens (including phenoxy) is 1. The van der Waals surface area contributed by atoms with Crippen LogP contribution in [0.3, 0.4) is 0 Å². The Balaban J connectivity index is 2.03. The number of halogens is 1. The third kappa shape index (κ3) is 5.69. The molecule has 0 aliphatic heterocycles. The highest BCUT2D eigenvalue weighted by atomic mass is 35.5. The number of carbonyl (C=O) groups is 2. The van der Waals surface area contributed by atoms with Crippen LogP contribution in [-0.2, 0) is 19.6 Å². The van der Waals surface area contributed by atoms with E-state index in [1.165, 1.54) is 46.8 Å². The van der Waals surface area contributed by atoms with Crippen LogP contribution in [0, 0.1) is 0 Å². The number of anilines is 2. The number of hydrogen-bond donors (Lipinski definition) is 2. The summed E-state index contributed by atoms with van der Waals surface area (Å²) in [6.45, 7) is 3.59. The Bertz CT molecular complexity index is 1010. The zero-order valence-electron chi connectivity index (χ0n) is 16.0. The molecule has 8 nitrogen and oxygen atoms in total. The lowest BCUT2D eigenvalue weighted by atomic mass is 10.2. The number of nitrogens with zero attached hydrogens (tertiary/aromatic N) is 1. The molecule has 0 aliphatic carbocycles. The van der Waals surface area contributed by atoms with E-state index in [1.807, 2.05) is 0 Å². The van der Waals surface area contributed by atoms with Crippen LogP contribution in [0.4, 0.5) is 11.4 Å². The molecule has 3 N–H and O–H groups in total. The molecular weight excluding hydrogens is 418 g/mol. The fraction of sp³-hybridized carbons (Fsp3) is 0.263. The molecule has 0 aromatic heterocycles. The van der Waals surface area contributed by atoms with Crippen molar-refractivity contribution >= 4 is 44.9 Å². The number of amides is 1. The first-order valence-corrected chi connectivity index (χ1v) is 10.6. The molecule has 0 radical (unpaired) electrons. The minimum atomic E-state index is -3.66. The van der Waals surface area contributed by atoms with Crippen molar-refractivity contribution in [1.29, 1.82) is 0 Å². The van der Waals surface area contributed by atoms with Crippen molar-refractivity contribution in [1.82, 2.24) is 4.31 Å². The number of rotatable bonds is 8. The van der Waals surface area contributed by atoms with E-state index in [9.17, 15) is 18.0 Å². The maximum absolute atomic E-state index is 12.6. The number of esters is 1. The number of nitrogens with one attached hydrogen (secondary N) is 1. The van der Waals surface area contributed by atoms with Gasteiger partial charge in [-0.15, -0.1) is 0 Å². The van der Waals surface area contributed by atoms with Gasteiger partial charge in [0.15, 0.2) is 6.61 Å². The number of nitrogen functional groups attached to an aromatic ring is 1. The summed E-state index contributed by atoms with van der Waals surface area (Å²) in [6, 6.07) is 10.2. The molecular formula is C19H22ClN3O5S. The van der Waals surface area contributed by atoms with Crippen molar-refractivity contribution in [2.75, 3.05) is 30.7 Å². The summed E-state index contributed by atoms with van der Waals surface area (Å²) in [5, 5.41) is 2.88. The summed E-state index contributed by atoms with van der Waals surface area (Å²) >= 11 is 5.78. The van der Waals surface area contributed by atoms with Gasteiger partial charge in [-0.3, -0.25) is 4.79 Å². The van der Waals surface area contributed by atoms with E-state index in [0.717, 1.165) is 0 Å². The van der Waals surface area contributed by atoms with Crippen LogP contribution in [0.2, 0.25) is 5.02 Å². The molecule has 0 aliphatic rings. The van der Waals surface area contributed by atoms with Gasteiger partial charge in [-0.2, -0.15) is 4.31 Å². The van der Waals surface area contributed by atoms with Gasteiger partial charge in [-0.05, 0) is 36.4 Å². The standard InChI is InChI=1S/C19H22ClN3O5S/c1-3-23(4-2)29(26,27)15-7-5-6-14(11-15)22-18(24)12-28-19(25)16-9-8-13(20)10-17(16)21/h5-11H,3-4,12,21H2,1-2H3,(H,22,24). The molecule has 1 amide bonds. The van der Waals surface area contributed by atoms with Gasteiger partial charge in [0.2, 0.25) is 10.0 Å². The second kappa shape index (κ2) is 9.73. The predicted octanol–water partition coefficient (Wildman–Crippen LogP) is 2.75. The van der Waals surface area contributed by atoms with Gasteiger partial charge in [-0.25, -0.2) is 13.2 Å². The highest BCUT2D eigenvalue weighted by Gasteiger charge is 2.22. The zero-order valence-corrected chi connectivity index (χ0v) is 17.6. The van der Waals surface area contributed by atoms with E-state index in [4.69, 9.17) is 22.1 Å². The van der Waals surface area contributed by atoms with E-state index in [-0.39, 0.29) is 21.8 Å². The van der Waals surface area contributed by atoms with E-state index in [2.05, 4.69) is 5.32 Å². The lowest BCUT2D eigenvalue weighted by molar-refractivity contribution is -0.119. The SMILES string of the molecule is CCN(CC)S(=O)(=O)c1cccc(NC(=O)COC(=O)c2ccc(Cl)cc2N)c1. The minimum absolute atomic E-state index is 0.0601. The maximum atomic E-state index is 12.6. The summed E-state index contributed by atoms with van der Waals surface area (Å²) in [6.07, 6.45) is 0. The molecule has 10 heteroatoms. The van der Waals surface area contributed by atoms with Gasteiger partial charge in [0.1, 0.15) is 0 Å². The molecule has 0 fully saturated rings. The van der Waals surface area contributed by atoms with Crippen LogP contribution in [0.25, 0.3) is 0 Å². The zero-order chi connectivity index (χ0) is 21.6. The molecule has 2 aromatic carbocycles. The molecule has 156 valence electrons. The smallest absolute Gasteiger partial charge is 0.340 e. The molecule has 0 unspecified atom stereocenters. The summed E-state index contributed by atoms with van der Waals surface area (Å²) in [4.78, 5) is 24.2. The van der Waals surface area contributed by atoms with Crippen molar-refractivity contribution < 1.29 is 22.7 Å². The molecule has 0 bridgehead atoms. The molecule has 0 atom stereocenters. The van der Waals surface area contributed by atoms with Crippen LogP contribution in [-0.4, -0.2) is 44.3 Å². The highest BCUT2D eigenvalue weighted by molar-refractivity contribution is 7.89. The molecule has 0 spiro atoms. The Morgan fingerprint density at radius 1 is 1.14 bits per heavy atom. The highest BCUT2D eigenvalue weighted by Crippen LogP contribution is 2.20. The quantitative estimate of drug-likeness (QED) is 0.482. The second-order valence-electron chi connectivity index (χ2n) is 5.97. The average molecular weight is 440 g/mol. The summed E-state index contributed by atoms with van der Waals surface area (Å²) in [5.41, 5.74) is 6.21. The number of carbonyl (C=O) groups excluding carboxylic acids is 2. The first kappa shape index (κ1) is 22.7. The maximum Gasteiger partial charge on any atom is 0.340 e. The van der Waals surface area contributed by atoms with E-state index < -0.39 is 28.5 Å². The Morgan fingerprint density at radius 2 is 1.83 bits per heavy atom. The fourth-order valence-electron chi connectivity index (χ4n) is 2.57. The second-order valence-corrected chi connectivity index (χ2v) is 8.35. The summed E-state index contributed by atoms with van der Waals surface area (Å²) < 4.78 is 31.4. The molecule has 0 saturated heterocycles. The van der Waals surface area contributed by atoms with Crippen molar-refractivity contribution in [2.24, 2.45) is 0 Å². The monoisotopic (exact) mass is 439 g/mol. The topological polar surface area (TPSA) is 119 Å². The van der Waals surface area contributed by atoms with Crippen LogP contribution < -0.4 is 11.1 Å². The van der Waals surface area contributed by atoms with Gasteiger partial charge < -0.3 is 15.8 Å². The third-order valence-corrected chi connectivity index (χ3v) is 6.31. The minimum Gasteiger partial charge on any atom is -0.452 e. The van der Waals surface area contributed by atoms with E-state index >= 15 is 0 Å². The number of benzene rings is 2. The van der Waals surface area contributed by atoms with Gasteiger partial charge in [0, 0.05) is 29.5 Å². The third-order valence-electron chi connectivity index (χ3n) is 4.03. The van der Waals surface area contributed by atoms with Crippen LogP contribution in [0.15, 0.2) is 47.4 Å². The summed E-state index contributed by atoms with van der Waals surface area (Å²) in [7, 11) is -3.66. The van der Waals surface area contributed by atoms with Crippen molar-refractivity contribution in [3.8, 4) is 0 Å². The predicted molar refractivity (Wildman–Crippen MR) is 111 cm³/mol. The number of hydrogen-bond acceptors (Lipinski definition) is 6. The molecule has 2 aromatic rings. The van der Waals surface area contributed by atoms with Gasteiger partial charge in [-0.1, -0.05) is 31.5 Å². The number of sulfonamides is 1. The van der Waals surface area contributed by atoms with Crippen LogP contribution >= 0.6 is 11.6 Å². The Hall–Kier alpha value is -2.62. The van der Waals surface area contributed by atoms with E-state index in [1.54, 1.807) is 13.8 Å². The lowest BCUT2D eigenvalue weighted by Gasteiger charge is -2.18. The largest absolute Gasteiger partial charge is 0.452 e. The van der Waals surface area contributed by atoms with E-state index in [0.29, 0.717) is 18.1 Å². The number of nitrogens with two attached hydrogens (primary N) is 1. The van der Waals surface area contributed by atoms with Gasteiger partial charge in [0.05, 0.1) is 10.5 Å². The van der Waals surface area contributed by atoms with Crippen molar-refractivity contribution in [3.05, 3.63) is 53.1 Å². The fourth-order valence-corrected chi connectivity index (χ4v) is 4.26. The first-order chi connectivity index (χ1) is 13.7. The Morgan fingerprint density at radius 3 is 2.45 bits per heavy atom. The lowest BCUT2D eigenvalue weighted by Crippen LogP contribution is -2.30. The van der Waals surface area contributed by atoms with Crippen LogP contribution in [0.5, 0.6) is 0 Å². The van der Waals surface area contributed by atoms with Gasteiger partial charge >= 0.3 is 5.97 Å². The summed E-state index contributed by atoms with van der Waals surface area (Å²) in [5.74, 6) is -1.39. The molecule has 2 rings (SSSR count).